The van der Waals surface area contributed by atoms with Crippen molar-refractivity contribution in [2.75, 3.05) is 11.9 Å². The second-order valence-corrected chi connectivity index (χ2v) is 6.98. The molecule has 1 aliphatic carbocycles. The van der Waals surface area contributed by atoms with Crippen LogP contribution < -0.4 is 10.6 Å². The lowest BCUT2D eigenvalue weighted by molar-refractivity contribution is -0.117. The van der Waals surface area contributed by atoms with E-state index in [2.05, 4.69) is 17.6 Å². The average Bonchev–Trinajstić information content (AvgIpc) is 3.42. The van der Waals surface area contributed by atoms with Gasteiger partial charge < -0.3 is 15.4 Å². The number of nitrogens with one attached hydrogen (secondary N) is 2. The quantitative estimate of drug-likeness (QED) is 0.748. The number of rotatable bonds is 8. The number of carbonyl (C=O) groups excluding carboxylic acids is 2. The van der Waals surface area contributed by atoms with Gasteiger partial charge in [0.1, 0.15) is 0 Å². The molecule has 2 atom stereocenters. The summed E-state index contributed by atoms with van der Waals surface area (Å²) in [6.07, 6.45) is 0.938. The van der Waals surface area contributed by atoms with E-state index < -0.39 is 0 Å². The van der Waals surface area contributed by atoms with Crippen LogP contribution in [-0.4, -0.2) is 18.4 Å². The van der Waals surface area contributed by atoms with Crippen LogP contribution in [-0.2, 0) is 22.7 Å². The van der Waals surface area contributed by atoms with Gasteiger partial charge in [0.25, 0.3) is 5.91 Å². The summed E-state index contributed by atoms with van der Waals surface area (Å²) in [5, 5.41) is 5.85. The summed E-state index contributed by atoms with van der Waals surface area (Å²) in [7, 11) is 0. The number of carbonyl (C=O) groups is 2. The van der Waals surface area contributed by atoms with Crippen molar-refractivity contribution in [3.63, 3.8) is 0 Å². The number of ether oxygens (including phenoxy) is 1. The Kier molecular flexibility index (Phi) is 6.24. The first-order chi connectivity index (χ1) is 13.1. The van der Waals surface area contributed by atoms with Gasteiger partial charge in [-0.2, -0.15) is 0 Å². The van der Waals surface area contributed by atoms with Crippen LogP contribution in [0.2, 0.25) is 0 Å². The van der Waals surface area contributed by atoms with E-state index in [0.29, 0.717) is 36.9 Å². The van der Waals surface area contributed by atoms with Crippen molar-refractivity contribution in [1.29, 1.82) is 0 Å². The molecule has 27 heavy (non-hydrogen) atoms. The number of anilines is 1. The molecule has 0 aliphatic heterocycles. The monoisotopic (exact) mass is 366 g/mol. The van der Waals surface area contributed by atoms with Crippen molar-refractivity contribution >= 4 is 17.5 Å². The predicted octanol–water partition coefficient (Wildman–Crippen LogP) is 3.75. The number of hydrogen-bond donors (Lipinski definition) is 2. The highest BCUT2D eigenvalue weighted by Crippen LogP contribution is 2.38. The largest absolute Gasteiger partial charge is 0.377 e. The van der Waals surface area contributed by atoms with Crippen LogP contribution in [0.15, 0.2) is 48.5 Å². The van der Waals surface area contributed by atoms with E-state index in [-0.39, 0.29) is 17.7 Å². The topological polar surface area (TPSA) is 67.4 Å². The first kappa shape index (κ1) is 19.1. The van der Waals surface area contributed by atoms with Gasteiger partial charge in [-0.15, -0.1) is 0 Å². The van der Waals surface area contributed by atoms with Crippen LogP contribution in [0.5, 0.6) is 0 Å². The smallest absolute Gasteiger partial charge is 0.251 e. The molecule has 3 rings (SSSR count). The third-order valence-electron chi connectivity index (χ3n) is 4.86. The van der Waals surface area contributed by atoms with E-state index >= 15 is 0 Å². The van der Waals surface area contributed by atoms with Crippen molar-refractivity contribution in [2.45, 2.75) is 33.4 Å². The lowest BCUT2D eigenvalue weighted by Crippen LogP contribution is -2.24. The summed E-state index contributed by atoms with van der Waals surface area (Å²) in [6.45, 7) is 5.64. The molecule has 5 heteroatoms. The summed E-state index contributed by atoms with van der Waals surface area (Å²) in [6, 6.07) is 15.0. The molecule has 1 saturated carbocycles. The number of benzene rings is 2. The van der Waals surface area contributed by atoms with Crippen LogP contribution in [0, 0.1) is 11.8 Å². The van der Waals surface area contributed by atoms with Gasteiger partial charge in [-0.05, 0) is 48.6 Å². The molecule has 0 spiro atoms. The lowest BCUT2D eigenvalue weighted by atomic mass is 10.1. The third-order valence-corrected chi connectivity index (χ3v) is 4.86. The molecule has 0 aromatic heterocycles. The van der Waals surface area contributed by atoms with Crippen LogP contribution in [0.25, 0.3) is 0 Å². The van der Waals surface area contributed by atoms with Crippen molar-refractivity contribution in [3.05, 3.63) is 65.2 Å². The van der Waals surface area contributed by atoms with Crippen molar-refractivity contribution in [1.82, 2.24) is 5.32 Å². The summed E-state index contributed by atoms with van der Waals surface area (Å²) in [5.41, 5.74) is 3.29. The highest BCUT2D eigenvalue weighted by Gasteiger charge is 2.39. The van der Waals surface area contributed by atoms with Gasteiger partial charge >= 0.3 is 0 Å². The van der Waals surface area contributed by atoms with E-state index in [1.807, 2.05) is 31.2 Å². The van der Waals surface area contributed by atoms with Crippen LogP contribution >= 0.6 is 0 Å². The summed E-state index contributed by atoms with van der Waals surface area (Å²) in [5.74, 6) is 0.416. The third kappa shape index (κ3) is 5.17. The van der Waals surface area contributed by atoms with E-state index in [0.717, 1.165) is 17.5 Å². The molecule has 1 fully saturated rings. The number of amides is 2. The molecule has 2 unspecified atom stereocenters. The Morgan fingerprint density at radius 1 is 1.11 bits per heavy atom. The minimum atomic E-state index is -0.169. The second-order valence-electron chi connectivity index (χ2n) is 6.98. The Morgan fingerprint density at radius 2 is 1.85 bits per heavy atom. The standard InChI is InChI=1S/C22H26N2O3/c1-3-27-14-18-8-5-4-7-17(18)13-23-21(25)16-9-6-10-19(12-16)24-22(26)20-11-15(20)2/h4-10,12,15,20H,3,11,13-14H2,1-2H3,(H,23,25)(H,24,26). The van der Waals surface area contributed by atoms with Crippen molar-refractivity contribution in [2.24, 2.45) is 11.8 Å². The van der Waals surface area contributed by atoms with Gasteiger partial charge in [0.2, 0.25) is 5.91 Å². The molecule has 5 nitrogen and oxygen atoms in total. The Hall–Kier alpha value is -2.66. The van der Waals surface area contributed by atoms with Crippen LogP contribution in [0.4, 0.5) is 5.69 Å². The van der Waals surface area contributed by atoms with Crippen LogP contribution in [0.3, 0.4) is 0 Å². The van der Waals surface area contributed by atoms with Gasteiger partial charge in [0, 0.05) is 30.3 Å². The fourth-order valence-corrected chi connectivity index (χ4v) is 3.02. The fraction of sp³-hybridized carbons (Fsp3) is 0.364. The molecular formula is C22H26N2O3. The first-order valence-corrected chi connectivity index (χ1v) is 9.42. The highest BCUT2D eigenvalue weighted by atomic mass is 16.5. The first-order valence-electron chi connectivity index (χ1n) is 9.42. The molecular weight excluding hydrogens is 340 g/mol. The number of hydrogen-bond acceptors (Lipinski definition) is 3. The van der Waals surface area contributed by atoms with Gasteiger partial charge in [-0.25, -0.2) is 0 Å². The second kappa shape index (κ2) is 8.82. The van der Waals surface area contributed by atoms with Crippen molar-refractivity contribution < 1.29 is 14.3 Å². The molecule has 142 valence electrons. The summed E-state index contributed by atoms with van der Waals surface area (Å²) < 4.78 is 5.48. The minimum absolute atomic E-state index is 0.0323. The Bertz CT molecular complexity index is 819. The average molecular weight is 366 g/mol. The Balaban J connectivity index is 1.60. The molecule has 2 amide bonds. The maximum atomic E-state index is 12.5. The maximum Gasteiger partial charge on any atom is 0.251 e. The van der Waals surface area contributed by atoms with Crippen molar-refractivity contribution in [3.8, 4) is 0 Å². The lowest BCUT2D eigenvalue weighted by Gasteiger charge is -2.11. The molecule has 0 bridgehead atoms. The van der Waals surface area contributed by atoms with E-state index in [1.54, 1.807) is 24.3 Å². The van der Waals surface area contributed by atoms with Gasteiger partial charge in [-0.3, -0.25) is 9.59 Å². The molecule has 2 aromatic rings. The zero-order valence-corrected chi connectivity index (χ0v) is 15.8. The Labute approximate surface area is 160 Å². The molecule has 0 radical (unpaired) electrons. The SMILES string of the molecule is CCOCc1ccccc1CNC(=O)c1cccc(NC(=O)C2CC2C)c1. The Morgan fingerprint density at radius 3 is 2.56 bits per heavy atom. The molecule has 2 N–H and O–H groups in total. The van der Waals surface area contributed by atoms with E-state index in [9.17, 15) is 9.59 Å². The van der Waals surface area contributed by atoms with Gasteiger partial charge in [0.05, 0.1) is 6.61 Å². The van der Waals surface area contributed by atoms with E-state index in [1.165, 1.54) is 0 Å². The highest BCUT2D eigenvalue weighted by molar-refractivity contribution is 5.98. The molecule has 0 saturated heterocycles. The van der Waals surface area contributed by atoms with Gasteiger partial charge in [0.15, 0.2) is 0 Å². The zero-order valence-electron chi connectivity index (χ0n) is 15.8. The predicted molar refractivity (Wildman–Crippen MR) is 105 cm³/mol. The minimum Gasteiger partial charge on any atom is -0.377 e. The zero-order chi connectivity index (χ0) is 19.2. The molecule has 0 heterocycles. The van der Waals surface area contributed by atoms with Gasteiger partial charge in [-0.1, -0.05) is 37.3 Å². The van der Waals surface area contributed by atoms with E-state index in [4.69, 9.17) is 4.74 Å². The molecule has 1 aliphatic rings. The van der Waals surface area contributed by atoms with Crippen LogP contribution in [0.1, 0.15) is 41.8 Å². The fourth-order valence-electron chi connectivity index (χ4n) is 3.02. The summed E-state index contributed by atoms with van der Waals surface area (Å²) >= 11 is 0. The normalized spacial score (nSPS) is 18.0. The maximum absolute atomic E-state index is 12.5. The summed E-state index contributed by atoms with van der Waals surface area (Å²) in [4.78, 5) is 24.6. The molecule has 2 aromatic carbocycles.